The van der Waals surface area contributed by atoms with Crippen LogP contribution in [0.1, 0.15) is 82.6 Å². The van der Waals surface area contributed by atoms with Gasteiger partial charge >= 0.3 is 0 Å². The summed E-state index contributed by atoms with van der Waals surface area (Å²) in [6, 6.07) is 1.82. The van der Waals surface area contributed by atoms with Crippen LogP contribution in [0, 0.1) is 5.41 Å². The topological polar surface area (TPSA) is 94.4 Å². The predicted octanol–water partition coefficient (Wildman–Crippen LogP) is 4.87. The molecule has 0 saturated carbocycles. The van der Waals surface area contributed by atoms with E-state index in [4.69, 9.17) is 0 Å². The van der Waals surface area contributed by atoms with Crippen molar-refractivity contribution in [3.8, 4) is 22.5 Å². The van der Waals surface area contributed by atoms with Gasteiger partial charge in [0.2, 0.25) is 5.78 Å². The summed E-state index contributed by atoms with van der Waals surface area (Å²) < 4.78 is 0. The molecule has 0 aliphatic carbocycles. The maximum absolute atomic E-state index is 12.9. The van der Waals surface area contributed by atoms with Gasteiger partial charge in [-0.05, 0) is 6.07 Å². The fourth-order valence-electron chi connectivity index (χ4n) is 2.72. The Kier molecular flexibility index (Phi) is 6.01. The lowest BCUT2D eigenvalue weighted by atomic mass is 9.90. The third kappa shape index (κ3) is 4.72. The molecule has 0 aromatic carbocycles. The maximum Gasteiger partial charge on any atom is 0.205 e. The van der Waals surface area contributed by atoms with E-state index in [1.165, 1.54) is 0 Å². The first-order valence-electron chi connectivity index (χ1n) is 10.1. The molecule has 0 saturated heterocycles. The smallest absolute Gasteiger partial charge is 0.205 e. The van der Waals surface area contributed by atoms with Gasteiger partial charge in [-0.25, -0.2) is 29.9 Å². The molecule has 3 aromatic rings. The van der Waals surface area contributed by atoms with Crippen LogP contribution in [-0.4, -0.2) is 35.7 Å². The van der Waals surface area contributed by atoms with Gasteiger partial charge in [-0.3, -0.25) is 4.79 Å². The first-order chi connectivity index (χ1) is 14.1. The number of rotatable bonds is 5. The normalized spacial score (nSPS) is 11.9. The molecule has 0 bridgehead atoms. The van der Waals surface area contributed by atoms with Gasteiger partial charge in [0.15, 0.2) is 5.82 Å². The Bertz CT molecular complexity index is 965. The van der Waals surface area contributed by atoms with E-state index in [0.717, 1.165) is 22.8 Å². The number of ketones is 1. The van der Waals surface area contributed by atoms with Gasteiger partial charge < -0.3 is 0 Å². The van der Waals surface area contributed by atoms with Crippen LogP contribution in [0.15, 0.2) is 30.9 Å². The molecule has 3 heterocycles. The van der Waals surface area contributed by atoms with Crippen molar-refractivity contribution in [2.24, 2.45) is 5.41 Å². The second kappa shape index (κ2) is 8.34. The average molecular weight is 405 g/mol. The molecule has 0 unspecified atom stereocenters. The minimum absolute atomic E-state index is 0.134. The molecule has 0 aliphatic rings. The predicted molar refractivity (Wildman–Crippen MR) is 116 cm³/mol. The van der Waals surface area contributed by atoms with Crippen molar-refractivity contribution in [1.29, 1.82) is 0 Å². The molecule has 7 nitrogen and oxygen atoms in total. The number of hydrogen-bond acceptors (Lipinski definition) is 7. The zero-order valence-corrected chi connectivity index (χ0v) is 18.6. The number of aromatic nitrogens is 6. The molecule has 0 spiro atoms. The number of nitrogens with zero attached hydrogens (tertiary/aromatic N) is 6. The molecule has 7 heteroatoms. The van der Waals surface area contributed by atoms with Crippen molar-refractivity contribution >= 4 is 5.78 Å². The van der Waals surface area contributed by atoms with Gasteiger partial charge in [-0.15, -0.1) is 0 Å². The SMILES string of the molecule is CC(C)c1ncc(-c2cc(-c3cnc(C(C)C)nc3)nc(C(=O)C(C)(C)C)n2)cn1. The Morgan fingerprint density at radius 2 is 1.10 bits per heavy atom. The highest BCUT2D eigenvalue weighted by Crippen LogP contribution is 2.26. The largest absolute Gasteiger partial charge is 0.290 e. The zero-order valence-electron chi connectivity index (χ0n) is 18.6. The molecule has 156 valence electrons. The van der Waals surface area contributed by atoms with Gasteiger partial charge in [-0.2, -0.15) is 0 Å². The third-order valence-electron chi connectivity index (χ3n) is 4.58. The Hall–Kier alpha value is -3.09. The Balaban J connectivity index is 2.12. The molecule has 0 amide bonds. The van der Waals surface area contributed by atoms with Crippen molar-refractivity contribution < 1.29 is 4.79 Å². The lowest BCUT2D eigenvalue weighted by Crippen LogP contribution is -2.23. The van der Waals surface area contributed by atoms with Crippen molar-refractivity contribution in [1.82, 2.24) is 29.9 Å². The molecular formula is C23H28N6O. The van der Waals surface area contributed by atoms with Crippen molar-refractivity contribution in [2.75, 3.05) is 0 Å². The number of carbonyl (C=O) groups is 1. The molecule has 30 heavy (non-hydrogen) atoms. The quantitative estimate of drug-likeness (QED) is 0.560. The third-order valence-corrected chi connectivity index (χ3v) is 4.58. The van der Waals surface area contributed by atoms with Crippen LogP contribution in [0.5, 0.6) is 0 Å². The minimum atomic E-state index is -0.605. The van der Waals surface area contributed by atoms with Crippen molar-refractivity contribution in [3.63, 3.8) is 0 Å². The average Bonchev–Trinajstić information content (AvgIpc) is 2.72. The summed E-state index contributed by atoms with van der Waals surface area (Å²) >= 11 is 0. The molecule has 0 atom stereocenters. The van der Waals surface area contributed by atoms with E-state index in [9.17, 15) is 4.79 Å². The molecule has 0 aliphatic heterocycles. The van der Waals surface area contributed by atoms with E-state index < -0.39 is 5.41 Å². The van der Waals surface area contributed by atoms with E-state index in [-0.39, 0.29) is 23.4 Å². The second-order valence-electron chi connectivity index (χ2n) is 9.01. The lowest BCUT2D eigenvalue weighted by Gasteiger charge is -2.16. The Labute approximate surface area is 177 Å². The highest BCUT2D eigenvalue weighted by molar-refractivity contribution is 5.97. The van der Waals surface area contributed by atoms with E-state index in [2.05, 4.69) is 29.9 Å². The van der Waals surface area contributed by atoms with Gasteiger partial charge in [-0.1, -0.05) is 48.5 Å². The van der Waals surface area contributed by atoms with Gasteiger partial charge in [0, 0.05) is 53.2 Å². The van der Waals surface area contributed by atoms with E-state index in [0.29, 0.717) is 11.4 Å². The summed E-state index contributed by atoms with van der Waals surface area (Å²) in [5, 5.41) is 0. The first kappa shape index (κ1) is 21.6. The molecule has 3 rings (SSSR count). The van der Waals surface area contributed by atoms with Crippen LogP contribution in [-0.2, 0) is 0 Å². The fraction of sp³-hybridized carbons (Fsp3) is 0.435. The monoisotopic (exact) mass is 404 g/mol. The van der Waals surface area contributed by atoms with Crippen LogP contribution in [0.4, 0.5) is 0 Å². The summed E-state index contributed by atoms with van der Waals surface area (Å²) in [7, 11) is 0. The van der Waals surface area contributed by atoms with Gasteiger partial charge in [0.1, 0.15) is 11.6 Å². The lowest BCUT2D eigenvalue weighted by molar-refractivity contribution is 0.0847. The Morgan fingerprint density at radius 1 is 0.733 bits per heavy atom. The fourth-order valence-corrected chi connectivity index (χ4v) is 2.72. The minimum Gasteiger partial charge on any atom is -0.290 e. The van der Waals surface area contributed by atoms with Crippen LogP contribution >= 0.6 is 0 Å². The highest BCUT2D eigenvalue weighted by atomic mass is 16.1. The van der Waals surface area contributed by atoms with Crippen LogP contribution in [0.2, 0.25) is 0 Å². The molecule has 0 radical (unpaired) electrons. The van der Waals surface area contributed by atoms with Crippen LogP contribution in [0.3, 0.4) is 0 Å². The van der Waals surface area contributed by atoms with E-state index in [1.807, 2.05) is 54.5 Å². The van der Waals surface area contributed by atoms with E-state index in [1.54, 1.807) is 24.8 Å². The molecule has 0 N–H and O–H groups in total. The first-order valence-corrected chi connectivity index (χ1v) is 10.1. The van der Waals surface area contributed by atoms with Gasteiger partial charge in [0.05, 0.1) is 11.4 Å². The van der Waals surface area contributed by atoms with Gasteiger partial charge in [0.25, 0.3) is 0 Å². The number of hydrogen-bond donors (Lipinski definition) is 0. The zero-order chi connectivity index (χ0) is 22.1. The maximum atomic E-state index is 12.9. The molecule has 0 fully saturated rings. The van der Waals surface area contributed by atoms with Crippen molar-refractivity contribution in [2.45, 2.75) is 60.3 Å². The standard InChI is InChI=1S/C23H28N6O/c1-13(2)20-24-9-15(10-25-20)17-8-18(16-11-26-21(14(3)4)27-12-16)29-22(28-17)19(30)23(5,6)7/h8-14H,1-7H3. The number of carbonyl (C=O) groups excluding carboxylic acids is 1. The van der Waals surface area contributed by atoms with Crippen LogP contribution in [0.25, 0.3) is 22.5 Å². The van der Waals surface area contributed by atoms with E-state index >= 15 is 0 Å². The number of Topliss-reactive ketones (excluding diaryl/α,β-unsaturated/α-hetero) is 1. The summed E-state index contributed by atoms with van der Waals surface area (Å²) in [4.78, 5) is 39.7. The second-order valence-corrected chi connectivity index (χ2v) is 9.01. The van der Waals surface area contributed by atoms with Crippen molar-refractivity contribution in [3.05, 3.63) is 48.3 Å². The summed E-state index contributed by atoms with van der Waals surface area (Å²) in [6.45, 7) is 13.7. The molecule has 3 aromatic heterocycles. The molecular weight excluding hydrogens is 376 g/mol. The summed E-state index contributed by atoms with van der Waals surface area (Å²) in [5.41, 5.74) is 2.04. The summed E-state index contributed by atoms with van der Waals surface area (Å²) in [5.74, 6) is 2.01. The highest BCUT2D eigenvalue weighted by Gasteiger charge is 2.27. The Morgan fingerprint density at radius 3 is 1.40 bits per heavy atom. The van der Waals surface area contributed by atoms with Crippen LogP contribution < -0.4 is 0 Å². The summed E-state index contributed by atoms with van der Waals surface area (Å²) in [6.07, 6.45) is 6.94.